The van der Waals surface area contributed by atoms with Crippen molar-refractivity contribution in [3.05, 3.63) is 53.9 Å². The summed E-state index contributed by atoms with van der Waals surface area (Å²) in [6.45, 7) is 2.67. The van der Waals surface area contributed by atoms with Gasteiger partial charge >= 0.3 is 0 Å². The van der Waals surface area contributed by atoms with Crippen LogP contribution in [0.3, 0.4) is 0 Å². The van der Waals surface area contributed by atoms with Gasteiger partial charge in [0.05, 0.1) is 11.0 Å². The highest BCUT2D eigenvalue weighted by atomic mass is 15.5. The molecule has 0 fully saturated rings. The van der Waals surface area contributed by atoms with Crippen molar-refractivity contribution < 1.29 is 0 Å². The van der Waals surface area contributed by atoms with Crippen LogP contribution >= 0.6 is 0 Å². The van der Waals surface area contributed by atoms with Crippen LogP contribution in [0.1, 0.15) is 11.1 Å². The summed E-state index contributed by atoms with van der Waals surface area (Å²) in [5.41, 5.74) is 4.62. The standard InChI is InChI=1S/C15H13N7/c1-10-2-3-12-13(8-10)22-15(19-20-21-22)14(18-12)17-9-11-4-6-16-7-5-11/h2-8H,9H2,1H3,(H,17,18). The van der Waals surface area contributed by atoms with Crippen LogP contribution in [0.4, 0.5) is 5.82 Å². The monoisotopic (exact) mass is 291 g/mol. The van der Waals surface area contributed by atoms with E-state index in [1.807, 2.05) is 37.3 Å². The second-order valence-electron chi connectivity index (χ2n) is 5.08. The first-order valence-corrected chi connectivity index (χ1v) is 6.92. The molecule has 0 radical (unpaired) electrons. The number of rotatable bonds is 3. The summed E-state index contributed by atoms with van der Waals surface area (Å²) in [5.74, 6) is 0.665. The lowest BCUT2D eigenvalue weighted by Gasteiger charge is -2.08. The molecule has 0 saturated carbocycles. The first-order chi connectivity index (χ1) is 10.8. The van der Waals surface area contributed by atoms with E-state index in [-0.39, 0.29) is 0 Å². The number of anilines is 1. The molecule has 3 aromatic heterocycles. The molecule has 108 valence electrons. The summed E-state index contributed by atoms with van der Waals surface area (Å²) in [5, 5.41) is 15.2. The van der Waals surface area contributed by atoms with Crippen molar-refractivity contribution in [2.24, 2.45) is 0 Å². The number of hydrogen-bond donors (Lipinski definition) is 1. The van der Waals surface area contributed by atoms with Crippen LogP contribution in [0.5, 0.6) is 0 Å². The molecule has 7 heteroatoms. The zero-order valence-electron chi connectivity index (χ0n) is 11.9. The van der Waals surface area contributed by atoms with Crippen molar-refractivity contribution in [1.29, 1.82) is 0 Å². The summed E-state index contributed by atoms with van der Waals surface area (Å²) < 4.78 is 1.71. The van der Waals surface area contributed by atoms with Gasteiger partial charge in [-0.3, -0.25) is 4.98 Å². The Morgan fingerprint density at radius 2 is 2.00 bits per heavy atom. The van der Waals surface area contributed by atoms with E-state index >= 15 is 0 Å². The van der Waals surface area contributed by atoms with E-state index in [9.17, 15) is 0 Å². The molecule has 4 aromatic rings. The van der Waals surface area contributed by atoms with Crippen LogP contribution in [-0.4, -0.2) is 30.0 Å². The maximum Gasteiger partial charge on any atom is 0.222 e. The molecular formula is C15H13N7. The highest BCUT2D eigenvalue weighted by Crippen LogP contribution is 2.20. The van der Waals surface area contributed by atoms with E-state index < -0.39 is 0 Å². The lowest BCUT2D eigenvalue weighted by atomic mass is 10.2. The number of tetrazole rings is 1. The summed E-state index contributed by atoms with van der Waals surface area (Å²) in [7, 11) is 0. The van der Waals surface area contributed by atoms with Crippen molar-refractivity contribution in [2.45, 2.75) is 13.5 Å². The molecule has 0 unspecified atom stereocenters. The van der Waals surface area contributed by atoms with Crippen LogP contribution in [0.15, 0.2) is 42.7 Å². The van der Waals surface area contributed by atoms with E-state index in [0.717, 1.165) is 22.2 Å². The van der Waals surface area contributed by atoms with Gasteiger partial charge in [0.1, 0.15) is 0 Å². The normalized spacial score (nSPS) is 11.1. The predicted molar refractivity (Wildman–Crippen MR) is 82.4 cm³/mol. The predicted octanol–water partition coefficient (Wildman–Crippen LogP) is 1.99. The largest absolute Gasteiger partial charge is 0.363 e. The molecule has 0 atom stereocenters. The number of aromatic nitrogens is 6. The molecule has 3 heterocycles. The molecule has 0 bridgehead atoms. The molecule has 0 aliphatic rings. The minimum Gasteiger partial charge on any atom is -0.363 e. The zero-order chi connectivity index (χ0) is 14.9. The third-order valence-corrected chi connectivity index (χ3v) is 3.48. The number of benzene rings is 1. The summed E-state index contributed by atoms with van der Waals surface area (Å²) in [4.78, 5) is 8.65. The minimum absolute atomic E-state index is 0.618. The lowest BCUT2D eigenvalue weighted by molar-refractivity contribution is 0.840. The zero-order valence-corrected chi connectivity index (χ0v) is 11.9. The van der Waals surface area contributed by atoms with Gasteiger partial charge in [0.2, 0.25) is 5.65 Å². The third-order valence-electron chi connectivity index (χ3n) is 3.48. The summed E-state index contributed by atoms with van der Waals surface area (Å²) in [6, 6.07) is 9.94. The molecule has 0 saturated heterocycles. The summed E-state index contributed by atoms with van der Waals surface area (Å²) >= 11 is 0. The molecule has 0 spiro atoms. The van der Waals surface area contributed by atoms with Crippen LogP contribution in [0, 0.1) is 6.92 Å². The maximum atomic E-state index is 4.64. The fraction of sp³-hybridized carbons (Fsp3) is 0.133. The van der Waals surface area contributed by atoms with Gasteiger partial charge < -0.3 is 5.32 Å². The smallest absolute Gasteiger partial charge is 0.222 e. The first-order valence-electron chi connectivity index (χ1n) is 6.92. The second kappa shape index (κ2) is 5.03. The van der Waals surface area contributed by atoms with Gasteiger partial charge in [-0.15, -0.1) is 5.10 Å². The molecule has 0 aliphatic carbocycles. The Kier molecular flexibility index (Phi) is 2.89. The highest BCUT2D eigenvalue weighted by Gasteiger charge is 2.11. The molecule has 22 heavy (non-hydrogen) atoms. The molecule has 1 aromatic carbocycles. The van der Waals surface area contributed by atoms with Crippen molar-refractivity contribution in [1.82, 2.24) is 30.0 Å². The van der Waals surface area contributed by atoms with Crippen molar-refractivity contribution in [3.63, 3.8) is 0 Å². The molecule has 4 rings (SSSR count). The Balaban J connectivity index is 1.79. The van der Waals surface area contributed by atoms with E-state index in [4.69, 9.17) is 0 Å². The molecule has 0 aliphatic heterocycles. The van der Waals surface area contributed by atoms with E-state index in [0.29, 0.717) is 18.0 Å². The van der Waals surface area contributed by atoms with Crippen LogP contribution in [-0.2, 0) is 6.54 Å². The molecule has 7 nitrogen and oxygen atoms in total. The number of aryl methyl sites for hydroxylation is 1. The SMILES string of the molecule is Cc1ccc2nc(NCc3ccncc3)c3nnnn3c2c1. The van der Waals surface area contributed by atoms with Gasteiger partial charge in [-0.25, -0.2) is 4.98 Å². The quantitative estimate of drug-likeness (QED) is 0.621. The van der Waals surface area contributed by atoms with Gasteiger partial charge in [0.15, 0.2) is 5.82 Å². The van der Waals surface area contributed by atoms with Crippen molar-refractivity contribution >= 4 is 22.5 Å². The first kappa shape index (κ1) is 12.6. The average Bonchev–Trinajstić information content (AvgIpc) is 3.04. The Bertz CT molecular complexity index is 946. The Hall–Kier alpha value is -3.09. The lowest BCUT2D eigenvalue weighted by Crippen LogP contribution is -2.05. The van der Waals surface area contributed by atoms with Crippen molar-refractivity contribution in [3.8, 4) is 0 Å². The summed E-state index contributed by atoms with van der Waals surface area (Å²) in [6.07, 6.45) is 3.53. The van der Waals surface area contributed by atoms with Gasteiger partial charge in [0.25, 0.3) is 0 Å². The number of hydrogen-bond acceptors (Lipinski definition) is 6. The van der Waals surface area contributed by atoms with Crippen molar-refractivity contribution in [2.75, 3.05) is 5.32 Å². The van der Waals surface area contributed by atoms with E-state index in [2.05, 4.69) is 30.8 Å². The number of nitrogens with zero attached hydrogens (tertiary/aromatic N) is 6. The number of nitrogens with one attached hydrogen (secondary N) is 1. The fourth-order valence-electron chi connectivity index (χ4n) is 2.37. The Morgan fingerprint density at radius 1 is 1.14 bits per heavy atom. The van der Waals surface area contributed by atoms with Gasteiger partial charge in [-0.2, -0.15) is 4.52 Å². The molecule has 0 amide bonds. The van der Waals surface area contributed by atoms with Crippen LogP contribution in [0.25, 0.3) is 16.7 Å². The third kappa shape index (κ3) is 2.12. The average molecular weight is 291 g/mol. The molecular weight excluding hydrogens is 278 g/mol. The van der Waals surface area contributed by atoms with Crippen LogP contribution < -0.4 is 5.32 Å². The number of pyridine rings is 1. The van der Waals surface area contributed by atoms with E-state index in [1.54, 1.807) is 16.9 Å². The minimum atomic E-state index is 0.618. The topological polar surface area (TPSA) is 80.9 Å². The Labute approximate surface area is 126 Å². The highest BCUT2D eigenvalue weighted by molar-refractivity contribution is 5.82. The van der Waals surface area contributed by atoms with Gasteiger partial charge in [-0.05, 0) is 52.7 Å². The molecule has 1 N–H and O–H groups in total. The van der Waals surface area contributed by atoms with Gasteiger partial charge in [0, 0.05) is 18.9 Å². The van der Waals surface area contributed by atoms with Gasteiger partial charge in [-0.1, -0.05) is 6.07 Å². The number of fused-ring (bicyclic) bond motifs is 3. The fourth-order valence-corrected chi connectivity index (χ4v) is 2.37. The second-order valence-corrected chi connectivity index (χ2v) is 5.08. The Morgan fingerprint density at radius 3 is 2.86 bits per heavy atom. The van der Waals surface area contributed by atoms with Crippen LogP contribution in [0.2, 0.25) is 0 Å². The maximum absolute atomic E-state index is 4.64. The van der Waals surface area contributed by atoms with E-state index in [1.165, 1.54) is 0 Å².